The second-order valence-electron chi connectivity index (χ2n) is 6.02. The summed E-state index contributed by atoms with van der Waals surface area (Å²) in [5.74, 6) is 1.16. The van der Waals surface area contributed by atoms with Gasteiger partial charge < -0.3 is 10.4 Å². The van der Waals surface area contributed by atoms with E-state index in [0.717, 1.165) is 18.8 Å². The van der Waals surface area contributed by atoms with Gasteiger partial charge in [-0.3, -0.25) is 4.79 Å². The Labute approximate surface area is 125 Å². The van der Waals surface area contributed by atoms with Crippen molar-refractivity contribution in [2.45, 2.75) is 78.6 Å². The van der Waals surface area contributed by atoms with E-state index < -0.39 is 5.97 Å². The van der Waals surface area contributed by atoms with Crippen molar-refractivity contribution in [3.05, 3.63) is 0 Å². The number of hydrogen-bond acceptors (Lipinski definition) is 2. The third-order valence-corrected chi connectivity index (χ3v) is 4.09. The molecule has 3 heteroatoms. The summed E-state index contributed by atoms with van der Waals surface area (Å²) in [5.41, 5.74) is 0. The number of piperidine rings is 1. The molecule has 0 amide bonds. The number of hydrogen-bond donors (Lipinski definition) is 2. The van der Waals surface area contributed by atoms with E-state index in [0.29, 0.717) is 0 Å². The van der Waals surface area contributed by atoms with Crippen LogP contribution in [0.5, 0.6) is 0 Å². The Balaban J connectivity index is 0.000000796. The fourth-order valence-corrected chi connectivity index (χ4v) is 3.10. The molecule has 1 aliphatic rings. The van der Waals surface area contributed by atoms with Gasteiger partial charge in [0.25, 0.3) is 5.97 Å². The van der Waals surface area contributed by atoms with Crippen LogP contribution in [0.15, 0.2) is 0 Å². The third-order valence-electron chi connectivity index (χ3n) is 4.09. The number of rotatable bonds is 8. The van der Waals surface area contributed by atoms with Gasteiger partial charge in [0.05, 0.1) is 0 Å². The van der Waals surface area contributed by atoms with Crippen LogP contribution in [0, 0.1) is 11.8 Å². The van der Waals surface area contributed by atoms with Gasteiger partial charge in [0, 0.05) is 6.92 Å². The van der Waals surface area contributed by atoms with Crippen molar-refractivity contribution in [3.8, 4) is 0 Å². The molecule has 120 valence electrons. The van der Waals surface area contributed by atoms with E-state index in [2.05, 4.69) is 19.2 Å². The first-order valence-corrected chi connectivity index (χ1v) is 8.52. The second-order valence-corrected chi connectivity index (χ2v) is 6.02. The van der Waals surface area contributed by atoms with Crippen LogP contribution in [0.3, 0.4) is 0 Å². The summed E-state index contributed by atoms with van der Waals surface area (Å²) in [4.78, 5) is 9.00. The Hall–Kier alpha value is -0.570. The van der Waals surface area contributed by atoms with Crippen LogP contribution >= 0.6 is 0 Å². The SMILES string of the molecule is CC(=O)O.CCCCCCC(CCC)C1CCCNC1. The van der Waals surface area contributed by atoms with E-state index in [1.807, 2.05) is 0 Å². The summed E-state index contributed by atoms with van der Waals surface area (Å²) in [6.45, 7) is 8.27. The van der Waals surface area contributed by atoms with Crippen LogP contribution in [0.25, 0.3) is 0 Å². The molecule has 1 saturated heterocycles. The molecule has 2 N–H and O–H groups in total. The molecule has 1 aliphatic heterocycles. The average molecular weight is 285 g/mol. The summed E-state index contributed by atoms with van der Waals surface area (Å²) < 4.78 is 0. The number of carboxylic acid groups (broad SMARTS) is 1. The van der Waals surface area contributed by atoms with Crippen LogP contribution in [0.4, 0.5) is 0 Å². The zero-order valence-corrected chi connectivity index (χ0v) is 13.8. The first kappa shape index (κ1) is 19.4. The Morgan fingerprint density at radius 2 is 1.90 bits per heavy atom. The molecular weight excluding hydrogens is 250 g/mol. The number of carboxylic acids is 1. The van der Waals surface area contributed by atoms with E-state index in [9.17, 15) is 0 Å². The Morgan fingerprint density at radius 1 is 1.20 bits per heavy atom. The fraction of sp³-hybridized carbons (Fsp3) is 0.941. The molecule has 1 fully saturated rings. The Morgan fingerprint density at radius 3 is 2.40 bits per heavy atom. The molecule has 0 aromatic heterocycles. The number of carbonyl (C=O) groups is 1. The first-order chi connectivity index (χ1) is 9.61. The molecule has 20 heavy (non-hydrogen) atoms. The largest absolute Gasteiger partial charge is 0.481 e. The van der Waals surface area contributed by atoms with Gasteiger partial charge in [-0.05, 0) is 37.8 Å². The number of nitrogens with one attached hydrogen (secondary N) is 1. The molecule has 0 saturated carbocycles. The van der Waals surface area contributed by atoms with E-state index in [4.69, 9.17) is 9.90 Å². The fourth-order valence-electron chi connectivity index (χ4n) is 3.10. The average Bonchev–Trinajstić information content (AvgIpc) is 2.43. The summed E-state index contributed by atoms with van der Waals surface area (Å²) >= 11 is 0. The zero-order valence-electron chi connectivity index (χ0n) is 13.8. The summed E-state index contributed by atoms with van der Waals surface area (Å²) in [7, 11) is 0. The van der Waals surface area contributed by atoms with Crippen molar-refractivity contribution in [3.63, 3.8) is 0 Å². The van der Waals surface area contributed by atoms with E-state index >= 15 is 0 Å². The molecule has 0 aromatic carbocycles. The van der Waals surface area contributed by atoms with E-state index in [1.165, 1.54) is 70.9 Å². The van der Waals surface area contributed by atoms with Gasteiger partial charge in [-0.25, -0.2) is 0 Å². The van der Waals surface area contributed by atoms with Crippen molar-refractivity contribution >= 4 is 5.97 Å². The predicted octanol–water partition coefficient (Wildman–Crippen LogP) is 4.46. The summed E-state index contributed by atoms with van der Waals surface area (Å²) in [6.07, 6.45) is 12.9. The highest BCUT2D eigenvalue weighted by molar-refractivity contribution is 5.62. The monoisotopic (exact) mass is 285 g/mol. The van der Waals surface area contributed by atoms with Gasteiger partial charge in [0.15, 0.2) is 0 Å². The summed E-state index contributed by atoms with van der Waals surface area (Å²) in [6, 6.07) is 0. The standard InChI is InChI=1S/C15H31N.C2H4O2/c1-3-5-6-7-10-14(9-4-2)15-11-8-12-16-13-15;1-2(3)4/h14-16H,3-13H2,1-2H3;1H3,(H,3,4). The molecule has 0 aromatic rings. The van der Waals surface area contributed by atoms with Crippen LogP contribution in [0.2, 0.25) is 0 Å². The van der Waals surface area contributed by atoms with Gasteiger partial charge in [0.2, 0.25) is 0 Å². The molecule has 3 nitrogen and oxygen atoms in total. The molecular formula is C17H35NO2. The lowest BCUT2D eigenvalue weighted by Gasteiger charge is -2.31. The first-order valence-electron chi connectivity index (χ1n) is 8.52. The Kier molecular flexibility index (Phi) is 13.0. The number of unbranched alkanes of at least 4 members (excludes halogenated alkanes) is 3. The molecule has 0 spiro atoms. The molecule has 2 atom stereocenters. The van der Waals surface area contributed by atoms with Crippen molar-refractivity contribution in [2.24, 2.45) is 11.8 Å². The molecule has 1 rings (SSSR count). The van der Waals surface area contributed by atoms with Gasteiger partial charge >= 0.3 is 0 Å². The topological polar surface area (TPSA) is 49.3 Å². The Bertz CT molecular complexity index is 221. The minimum atomic E-state index is -0.833. The minimum Gasteiger partial charge on any atom is -0.481 e. The molecule has 0 aliphatic carbocycles. The molecule has 0 bridgehead atoms. The van der Waals surface area contributed by atoms with Crippen LogP contribution in [0.1, 0.15) is 78.6 Å². The zero-order chi connectivity index (χ0) is 15.2. The smallest absolute Gasteiger partial charge is 0.300 e. The lowest BCUT2D eigenvalue weighted by Crippen LogP contribution is -2.34. The van der Waals surface area contributed by atoms with Crippen molar-refractivity contribution in [1.29, 1.82) is 0 Å². The van der Waals surface area contributed by atoms with Gasteiger partial charge in [-0.2, -0.15) is 0 Å². The third kappa shape index (κ3) is 11.3. The molecule has 2 unspecified atom stereocenters. The summed E-state index contributed by atoms with van der Waals surface area (Å²) in [5, 5.41) is 11.0. The lowest BCUT2D eigenvalue weighted by molar-refractivity contribution is -0.134. The van der Waals surface area contributed by atoms with Gasteiger partial charge in [0.1, 0.15) is 0 Å². The van der Waals surface area contributed by atoms with E-state index in [-0.39, 0.29) is 0 Å². The minimum absolute atomic E-state index is 0.833. The normalized spacial score (nSPS) is 19.9. The quantitative estimate of drug-likeness (QED) is 0.647. The maximum Gasteiger partial charge on any atom is 0.300 e. The van der Waals surface area contributed by atoms with Crippen molar-refractivity contribution in [2.75, 3.05) is 13.1 Å². The maximum absolute atomic E-state index is 9.00. The highest BCUT2D eigenvalue weighted by Crippen LogP contribution is 2.28. The molecule has 1 heterocycles. The maximum atomic E-state index is 9.00. The van der Waals surface area contributed by atoms with Crippen molar-refractivity contribution < 1.29 is 9.90 Å². The van der Waals surface area contributed by atoms with Crippen LogP contribution < -0.4 is 5.32 Å². The highest BCUT2D eigenvalue weighted by atomic mass is 16.4. The van der Waals surface area contributed by atoms with Crippen LogP contribution in [-0.2, 0) is 4.79 Å². The lowest BCUT2D eigenvalue weighted by atomic mass is 9.80. The number of aliphatic carboxylic acids is 1. The van der Waals surface area contributed by atoms with Crippen LogP contribution in [-0.4, -0.2) is 24.2 Å². The van der Waals surface area contributed by atoms with E-state index in [1.54, 1.807) is 0 Å². The van der Waals surface area contributed by atoms with Gasteiger partial charge in [-0.15, -0.1) is 0 Å². The second kappa shape index (κ2) is 13.4. The van der Waals surface area contributed by atoms with Crippen molar-refractivity contribution in [1.82, 2.24) is 5.32 Å². The molecule has 0 radical (unpaired) electrons. The predicted molar refractivity (Wildman–Crippen MR) is 86.1 cm³/mol. The highest BCUT2D eigenvalue weighted by Gasteiger charge is 2.22. The van der Waals surface area contributed by atoms with Gasteiger partial charge in [-0.1, -0.05) is 58.8 Å².